The molecule has 1 aromatic carbocycles. The second-order valence-corrected chi connectivity index (χ2v) is 3.52. The Labute approximate surface area is 95.1 Å². The van der Waals surface area contributed by atoms with Crippen LogP contribution in [0.5, 0.6) is 5.75 Å². The first-order chi connectivity index (χ1) is 6.52. The van der Waals surface area contributed by atoms with E-state index in [1.165, 1.54) is 12.1 Å². The molecule has 0 aliphatic heterocycles. The van der Waals surface area contributed by atoms with Gasteiger partial charge in [0.15, 0.2) is 6.61 Å². The lowest BCUT2D eigenvalue weighted by molar-refractivity contribution is -0.139. The summed E-state index contributed by atoms with van der Waals surface area (Å²) in [5, 5.41) is 8.91. The number of carboxylic acid groups (broad SMARTS) is 1. The number of hydrogen-bond donors (Lipinski definition) is 1. The average molecular weight is 255 g/mol. The van der Waals surface area contributed by atoms with Crippen LogP contribution in [0.2, 0.25) is 15.1 Å². The summed E-state index contributed by atoms with van der Waals surface area (Å²) in [5.41, 5.74) is 0. The zero-order valence-corrected chi connectivity index (χ0v) is 9.03. The highest BCUT2D eigenvalue weighted by Crippen LogP contribution is 2.36. The Bertz CT molecular complexity index is 365. The third-order valence-electron chi connectivity index (χ3n) is 1.35. The van der Waals surface area contributed by atoms with Crippen molar-refractivity contribution in [3.8, 4) is 5.75 Å². The van der Waals surface area contributed by atoms with Gasteiger partial charge in [0, 0.05) is 0 Å². The van der Waals surface area contributed by atoms with Crippen molar-refractivity contribution in [1.29, 1.82) is 0 Å². The van der Waals surface area contributed by atoms with Gasteiger partial charge in [-0.3, -0.25) is 0 Å². The van der Waals surface area contributed by atoms with E-state index < -0.39 is 12.6 Å². The van der Waals surface area contributed by atoms with E-state index in [2.05, 4.69) is 0 Å². The first kappa shape index (κ1) is 11.4. The quantitative estimate of drug-likeness (QED) is 0.844. The number of carbonyl (C=O) groups is 1. The Morgan fingerprint density at radius 3 is 2.50 bits per heavy atom. The summed E-state index contributed by atoms with van der Waals surface area (Å²) in [6.07, 6.45) is 0. The number of ether oxygens (including phenoxy) is 1. The lowest BCUT2D eigenvalue weighted by atomic mass is 10.3. The number of hydrogen-bond acceptors (Lipinski definition) is 2. The van der Waals surface area contributed by atoms with E-state index in [0.717, 1.165) is 0 Å². The van der Waals surface area contributed by atoms with Crippen molar-refractivity contribution < 1.29 is 14.6 Å². The molecule has 3 nitrogen and oxygen atoms in total. The third-order valence-corrected chi connectivity index (χ3v) is 2.63. The molecule has 0 amide bonds. The fourth-order valence-corrected chi connectivity index (χ4v) is 1.34. The van der Waals surface area contributed by atoms with Crippen LogP contribution in [-0.4, -0.2) is 17.7 Å². The van der Waals surface area contributed by atoms with Crippen LogP contribution in [0.1, 0.15) is 0 Å². The molecule has 1 rings (SSSR count). The van der Waals surface area contributed by atoms with E-state index in [9.17, 15) is 4.79 Å². The van der Waals surface area contributed by atoms with E-state index in [1.54, 1.807) is 0 Å². The van der Waals surface area contributed by atoms with Gasteiger partial charge >= 0.3 is 5.97 Å². The average Bonchev–Trinajstić information content (AvgIpc) is 2.13. The number of rotatable bonds is 3. The maximum absolute atomic E-state index is 10.2. The molecular formula is C8H5Cl3O3. The second kappa shape index (κ2) is 4.73. The van der Waals surface area contributed by atoms with Gasteiger partial charge in [-0.15, -0.1) is 0 Å². The molecule has 0 saturated carbocycles. The van der Waals surface area contributed by atoms with E-state index in [1.807, 2.05) is 0 Å². The summed E-state index contributed by atoms with van der Waals surface area (Å²) in [4.78, 5) is 10.2. The summed E-state index contributed by atoms with van der Waals surface area (Å²) >= 11 is 17.1. The molecule has 0 bridgehead atoms. The fourth-order valence-electron chi connectivity index (χ4n) is 0.759. The molecule has 14 heavy (non-hydrogen) atoms. The summed E-state index contributed by atoms with van der Waals surface area (Å²) in [5.74, 6) is -0.893. The second-order valence-electron chi connectivity index (χ2n) is 2.36. The van der Waals surface area contributed by atoms with Gasteiger partial charge in [0.1, 0.15) is 10.8 Å². The predicted octanol–water partition coefficient (Wildman–Crippen LogP) is 3.11. The zero-order valence-electron chi connectivity index (χ0n) is 6.76. The Kier molecular flexibility index (Phi) is 3.86. The van der Waals surface area contributed by atoms with Gasteiger partial charge in [0.2, 0.25) is 0 Å². The summed E-state index contributed by atoms with van der Waals surface area (Å²) in [6.45, 7) is -0.475. The number of halogens is 3. The molecule has 1 N–H and O–H groups in total. The topological polar surface area (TPSA) is 46.5 Å². The molecule has 0 heterocycles. The van der Waals surface area contributed by atoms with E-state index >= 15 is 0 Å². The molecule has 0 unspecified atom stereocenters. The van der Waals surface area contributed by atoms with Gasteiger partial charge in [-0.1, -0.05) is 34.8 Å². The highest BCUT2D eigenvalue weighted by atomic mass is 35.5. The molecule has 0 fully saturated rings. The first-order valence-corrected chi connectivity index (χ1v) is 4.64. The Hall–Kier alpha value is -0.640. The monoisotopic (exact) mass is 254 g/mol. The van der Waals surface area contributed by atoms with Crippen LogP contribution in [-0.2, 0) is 4.79 Å². The minimum Gasteiger partial charge on any atom is -0.480 e. The minimum absolute atomic E-state index is 0.111. The molecule has 0 aromatic heterocycles. The predicted molar refractivity (Wildman–Crippen MR) is 54.6 cm³/mol. The van der Waals surface area contributed by atoms with Crippen molar-refractivity contribution in [2.45, 2.75) is 0 Å². The fraction of sp³-hybridized carbons (Fsp3) is 0.125. The van der Waals surface area contributed by atoms with Crippen LogP contribution < -0.4 is 4.74 Å². The van der Waals surface area contributed by atoms with Crippen molar-refractivity contribution in [3.05, 3.63) is 27.2 Å². The summed E-state index contributed by atoms with van der Waals surface area (Å²) in [6, 6.07) is 2.94. The van der Waals surface area contributed by atoms with E-state index in [4.69, 9.17) is 44.6 Å². The molecule has 0 spiro atoms. The third kappa shape index (κ3) is 2.67. The zero-order chi connectivity index (χ0) is 10.7. The van der Waals surface area contributed by atoms with Gasteiger partial charge in [0.05, 0.1) is 10.0 Å². The molecule has 0 aliphatic carbocycles. The molecule has 0 atom stereocenters. The van der Waals surface area contributed by atoms with Gasteiger partial charge in [-0.05, 0) is 12.1 Å². The van der Waals surface area contributed by atoms with Gasteiger partial charge in [0.25, 0.3) is 0 Å². The van der Waals surface area contributed by atoms with Gasteiger partial charge in [-0.2, -0.15) is 0 Å². The molecule has 6 heteroatoms. The van der Waals surface area contributed by atoms with Crippen molar-refractivity contribution in [3.63, 3.8) is 0 Å². The molecule has 0 aliphatic rings. The molecule has 0 radical (unpaired) electrons. The summed E-state index contributed by atoms with van der Waals surface area (Å²) < 4.78 is 4.86. The number of aliphatic carboxylic acids is 1. The van der Waals surface area contributed by atoms with Gasteiger partial charge in [-0.25, -0.2) is 4.79 Å². The number of carboxylic acids is 1. The van der Waals surface area contributed by atoms with Gasteiger partial charge < -0.3 is 9.84 Å². The standard InChI is InChI=1S/C8H5Cl3O3/c9-4-1-2-5(8(11)7(4)10)14-3-6(12)13/h1-2H,3H2,(H,12,13). The Morgan fingerprint density at radius 1 is 1.29 bits per heavy atom. The largest absolute Gasteiger partial charge is 0.480 e. The maximum atomic E-state index is 10.2. The van der Waals surface area contributed by atoms with Crippen LogP contribution in [0.25, 0.3) is 0 Å². The van der Waals surface area contributed by atoms with Crippen LogP contribution in [0.15, 0.2) is 12.1 Å². The lowest BCUT2D eigenvalue weighted by Crippen LogP contribution is -2.09. The van der Waals surface area contributed by atoms with Crippen LogP contribution in [0.3, 0.4) is 0 Å². The molecule has 0 saturated heterocycles. The smallest absolute Gasteiger partial charge is 0.341 e. The minimum atomic E-state index is -1.09. The molecular weight excluding hydrogens is 250 g/mol. The summed E-state index contributed by atoms with van der Waals surface area (Å²) in [7, 11) is 0. The Morgan fingerprint density at radius 2 is 1.93 bits per heavy atom. The lowest BCUT2D eigenvalue weighted by Gasteiger charge is -2.07. The molecule has 1 aromatic rings. The number of benzene rings is 1. The molecule has 76 valence electrons. The van der Waals surface area contributed by atoms with Crippen molar-refractivity contribution in [2.75, 3.05) is 6.61 Å². The highest BCUT2D eigenvalue weighted by molar-refractivity contribution is 6.48. The normalized spacial score (nSPS) is 9.93. The van der Waals surface area contributed by atoms with Crippen molar-refractivity contribution >= 4 is 40.8 Å². The Balaban J connectivity index is 2.88. The first-order valence-electron chi connectivity index (χ1n) is 3.50. The maximum Gasteiger partial charge on any atom is 0.341 e. The van der Waals surface area contributed by atoms with E-state index in [0.29, 0.717) is 5.02 Å². The van der Waals surface area contributed by atoms with E-state index in [-0.39, 0.29) is 15.8 Å². The van der Waals surface area contributed by atoms with Crippen molar-refractivity contribution in [2.24, 2.45) is 0 Å². The van der Waals surface area contributed by atoms with Crippen LogP contribution in [0.4, 0.5) is 0 Å². The van der Waals surface area contributed by atoms with Crippen molar-refractivity contribution in [1.82, 2.24) is 0 Å². The van der Waals surface area contributed by atoms with Crippen LogP contribution >= 0.6 is 34.8 Å². The SMILES string of the molecule is O=C(O)COc1ccc(Cl)c(Cl)c1Cl. The van der Waals surface area contributed by atoms with Crippen LogP contribution in [0, 0.1) is 0 Å². The highest BCUT2D eigenvalue weighted by Gasteiger charge is 2.10.